The Balaban J connectivity index is 2.25. The maximum atomic E-state index is 11.1. The number of hydrogen-bond acceptors (Lipinski definition) is 3. The van der Waals surface area contributed by atoms with Crippen molar-refractivity contribution in [2.24, 2.45) is 0 Å². The molecule has 1 aliphatic rings. The maximum Gasteiger partial charge on any atom is 0.415 e. The number of carbonyl (C=O) groups excluding carboxylic acids is 1. The van der Waals surface area contributed by atoms with Crippen LogP contribution in [-0.4, -0.2) is 32.1 Å². The Morgan fingerprint density at radius 1 is 1.54 bits per heavy atom. The quantitative estimate of drug-likeness (QED) is 0.531. The van der Waals surface area contributed by atoms with Crippen LogP contribution >= 0.6 is 0 Å². The summed E-state index contributed by atoms with van der Waals surface area (Å²) in [5.41, 5.74) is 1.08. The smallest absolute Gasteiger partial charge is 0.415 e. The normalized spacial score (nSPS) is 16.0. The summed E-state index contributed by atoms with van der Waals surface area (Å²) in [5, 5.41) is 0. The van der Waals surface area contributed by atoms with Crippen LogP contribution in [0.1, 0.15) is 0 Å². The van der Waals surface area contributed by atoms with Crippen molar-refractivity contribution in [2.45, 2.75) is 0 Å². The highest BCUT2D eigenvalue weighted by Crippen LogP contribution is 2.13. The number of anilines is 1. The van der Waals surface area contributed by atoms with Gasteiger partial charge in [-0.2, -0.15) is 0 Å². The second-order valence-corrected chi connectivity index (χ2v) is 2.96. The lowest BCUT2D eigenvalue weighted by molar-refractivity contribution is 0.181. The average Bonchev–Trinajstić information content (AvgIpc) is 2.53. The molecule has 2 rings (SSSR count). The van der Waals surface area contributed by atoms with Gasteiger partial charge in [-0.1, -0.05) is 11.5 Å². The van der Waals surface area contributed by atoms with E-state index in [1.165, 1.54) is 4.90 Å². The number of cyclic esters (lactones) is 1. The van der Waals surface area contributed by atoms with Crippen LogP contribution < -0.4 is 10.4 Å². The number of nitrogens with zero attached hydrogens (tertiary/aromatic N) is 2. The monoisotopic (exact) mass is 176 g/mol. The van der Waals surface area contributed by atoms with Crippen molar-refractivity contribution in [2.75, 3.05) is 18.1 Å². The van der Waals surface area contributed by atoms with Crippen molar-refractivity contribution >= 4 is 25.2 Å². The third kappa shape index (κ3) is 1.49. The molecular formula is C8H9BN2O2. The van der Waals surface area contributed by atoms with Gasteiger partial charge in [0.15, 0.2) is 0 Å². The first-order chi connectivity index (χ1) is 6.27. The van der Waals surface area contributed by atoms with Crippen molar-refractivity contribution in [3.05, 3.63) is 18.3 Å². The SMILES string of the molecule is Bc1ccc(N2CCOC2=O)nc1. The minimum Gasteiger partial charge on any atom is -0.447 e. The van der Waals surface area contributed by atoms with Crippen LogP contribution in [0.2, 0.25) is 0 Å². The molecule has 0 aromatic carbocycles. The standard InChI is InChI=1S/C8H9BN2O2/c9-6-1-2-7(10-5-6)11-3-4-13-8(11)12/h1-2,5H,3-4,9H2. The van der Waals surface area contributed by atoms with Crippen LogP contribution in [0.5, 0.6) is 0 Å². The Hall–Kier alpha value is -1.52. The van der Waals surface area contributed by atoms with Gasteiger partial charge in [0.1, 0.15) is 20.3 Å². The minimum absolute atomic E-state index is 0.309. The summed E-state index contributed by atoms with van der Waals surface area (Å²) in [6.45, 7) is 1.04. The van der Waals surface area contributed by atoms with Gasteiger partial charge in [0.25, 0.3) is 0 Å². The Kier molecular flexibility index (Phi) is 1.92. The molecule has 0 saturated carbocycles. The average molecular weight is 176 g/mol. The summed E-state index contributed by atoms with van der Waals surface area (Å²) < 4.78 is 4.80. The molecule has 13 heavy (non-hydrogen) atoms. The van der Waals surface area contributed by atoms with Crippen molar-refractivity contribution in [3.8, 4) is 0 Å². The zero-order valence-corrected chi connectivity index (χ0v) is 7.36. The summed E-state index contributed by atoms with van der Waals surface area (Å²) >= 11 is 0. The Morgan fingerprint density at radius 2 is 2.38 bits per heavy atom. The lowest BCUT2D eigenvalue weighted by Crippen LogP contribution is -2.24. The molecule has 1 aromatic heterocycles. The second kappa shape index (κ2) is 3.09. The summed E-state index contributed by atoms with van der Waals surface area (Å²) in [4.78, 5) is 16.8. The van der Waals surface area contributed by atoms with Crippen LogP contribution in [0.15, 0.2) is 18.3 Å². The maximum absolute atomic E-state index is 11.1. The number of ether oxygens (including phenoxy) is 1. The number of hydrogen-bond donors (Lipinski definition) is 0. The van der Waals surface area contributed by atoms with Gasteiger partial charge in [0.05, 0.1) is 6.54 Å². The third-order valence-electron chi connectivity index (χ3n) is 1.93. The van der Waals surface area contributed by atoms with Crippen molar-refractivity contribution in [1.29, 1.82) is 0 Å². The molecule has 4 nitrogen and oxygen atoms in total. The first-order valence-corrected chi connectivity index (χ1v) is 4.14. The molecule has 0 atom stereocenters. The Labute approximate surface area is 76.9 Å². The summed E-state index contributed by atoms with van der Waals surface area (Å²) in [7, 11) is 1.96. The fourth-order valence-corrected chi connectivity index (χ4v) is 1.22. The molecule has 0 N–H and O–H groups in total. The number of amides is 1. The summed E-state index contributed by atoms with van der Waals surface area (Å²) in [6.07, 6.45) is 1.43. The molecule has 0 aliphatic carbocycles. The van der Waals surface area contributed by atoms with Gasteiger partial charge in [-0.3, -0.25) is 4.90 Å². The largest absolute Gasteiger partial charge is 0.447 e. The van der Waals surface area contributed by atoms with Crippen LogP contribution in [0.3, 0.4) is 0 Å². The fraction of sp³-hybridized carbons (Fsp3) is 0.250. The number of carbonyl (C=O) groups is 1. The first-order valence-electron chi connectivity index (χ1n) is 4.14. The van der Waals surface area contributed by atoms with Crippen LogP contribution in [0.4, 0.5) is 10.6 Å². The third-order valence-corrected chi connectivity index (χ3v) is 1.93. The summed E-state index contributed by atoms with van der Waals surface area (Å²) in [6, 6.07) is 3.75. The van der Waals surface area contributed by atoms with E-state index in [9.17, 15) is 4.79 Å². The molecule has 0 radical (unpaired) electrons. The van der Waals surface area contributed by atoms with Gasteiger partial charge in [-0.25, -0.2) is 9.78 Å². The van der Waals surface area contributed by atoms with Gasteiger partial charge >= 0.3 is 6.09 Å². The highest BCUT2D eigenvalue weighted by atomic mass is 16.6. The molecular weight excluding hydrogens is 167 g/mol. The van der Waals surface area contributed by atoms with E-state index in [0.717, 1.165) is 5.46 Å². The molecule has 5 heteroatoms. The molecule has 0 spiro atoms. The van der Waals surface area contributed by atoms with E-state index >= 15 is 0 Å². The molecule has 1 aromatic rings. The van der Waals surface area contributed by atoms with Crippen LogP contribution in [0.25, 0.3) is 0 Å². The molecule has 2 heterocycles. The highest BCUT2D eigenvalue weighted by molar-refractivity contribution is 6.32. The van der Waals surface area contributed by atoms with Gasteiger partial charge in [-0.15, -0.1) is 0 Å². The molecule has 1 aliphatic heterocycles. The number of pyridine rings is 1. The van der Waals surface area contributed by atoms with E-state index in [1.807, 2.05) is 20.0 Å². The van der Waals surface area contributed by atoms with Gasteiger partial charge in [0, 0.05) is 6.20 Å². The van der Waals surface area contributed by atoms with E-state index in [1.54, 1.807) is 6.20 Å². The van der Waals surface area contributed by atoms with E-state index in [0.29, 0.717) is 19.0 Å². The highest BCUT2D eigenvalue weighted by Gasteiger charge is 2.23. The molecule has 1 saturated heterocycles. The minimum atomic E-state index is -0.309. The molecule has 1 amide bonds. The van der Waals surface area contributed by atoms with Crippen molar-refractivity contribution in [3.63, 3.8) is 0 Å². The van der Waals surface area contributed by atoms with Gasteiger partial charge in [0.2, 0.25) is 0 Å². The van der Waals surface area contributed by atoms with E-state index < -0.39 is 0 Å². The Bertz CT molecular complexity index is 325. The topological polar surface area (TPSA) is 42.4 Å². The van der Waals surface area contributed by atoms with E-state index in [2.05, 4.69) is 4.98 Å². The van der Waals surface area contributed by atoms with Gasteiger partial charge in [-0.05, 0) is 6.07 Å². The first kappa shape index (κ1) is 8.10. The summed E-state index contributed by atoms with van der Waals surface area (Å²) in [5.74, 6) is 0.660. The second-order valence-electron chi connectivity index (χ2n) is 2.96. The van der Waals surface area contributed by atoms with Crippen LogP contribution in [0, 0.1) is 0 Å². The molecule has 0 bridgehead atoms. The predicted molar refractivity (Wildman–Crippen MR) is 51.1 cm³/mol. The van der Waals surface area contributed by atoms with Crippen molar-refractivity contribution in [1.82, 2.24) is 4.98 Å². The number of aromatic nitrogens is 1. The van der Waals surface area contributed by atoms with Gasteiger partial charge < -0.3 is 4.74 Å². The van der Waals surface area contributed by atoms with Crippen LogP contribution in [-0.2, 0) is 4.74 Å². The number of rotatable bonds is 1. The molecule has 1 fully saturated rings. The van der Waals surface area contributed by atoms with E-state index in [-0.39, 0.29) is 6.09 Å². The van der Waals surface area contributed by atoms with Crippen molar-refractivity contribution < 1.29 is 9.53 Å². The zero-order valence-electron chi connectivity index (χ0n) is 7.36. The zero-order chi connectivity index (χ0) is 9.26. The fourth-order valence-electron chi connectivity index (χ4n) is 1.22. The lowest BCUT2D eigenvalue weighted by atomic mass is 9.99. The molecule has 0 unspecified atom stereocenters. The Morgan fingerprint density at radius 3 is 2.92 bits per heavy atom. The van der Waals surface area contributed by atoms with E-state index in [4.69, 9.17) is 4.74 Å². The molecule has 66 valence electrons. The lowest BCUT2D eigenvalue weighted by Gasteiger charge is -2.10. The predicted octanol–water partition coefficient (Wildman–Crippen LogP) is -0.703.